The third-order valence-corrected chi connectivity index (χ3v) is 4.22. The number of methoxy groups -OCH3 is 1. The molecule has 0 bridgehead atoms. The first-order valence-corrected chi connectivity index (χ1v) is 7.77. The number of ether oxygens (including phenoxy) is 1. The number of nitrogens with zero attached hydrogens (tertiary/aromatic N) is 3. The molecule has 1 N–H and O–H groups in total. The van der Waals surface area contributed by atoms with E-state index in [1.165, 1.54) is 0 Å². The molecule has 1 aliphatic heterocycles. The minimum atomic E-state index is -0.517. The number of β-amino-alcohol motifs (C(OH)–C–C–N with tert-alkyl or cyclic N) is 1. The number of amides is 1. The number of aromatic nitrogens is 2. The number of aliphatic hydroxyl groups excluding tert-OH is 1. The average molecular weight is 315 g/mol. The zero-order valence-electron chi connectivity index (χ0n) is 13.3. The standard InChI is InChI=1S/C17H21N3O3/c1-3-19-10-13(9-18-19)17(22)20-11-14(21)8-16(20)12-5-4-6-15(7-12)23-2/h4-7,9-10,14,16,21H,3,8,11H2,1-2H3/t14-,16+/m0/s1. The zero-order valence-corrected chi connectivity index (χ0v) is 13.3. The van der Waals surface area contributed by atoms with Crippen LogP contribution in [0.4, 0.5) is 0 Å². The highest BCUT2D eigenvalue weighted by Crippen LogP contribution is 2.34. The summed E-state index contributed by atoms with van der Waals surface area (Å²) in [6.45, 7) is 3.02. The second-order valence-corrected chi connectivity index (χ2v) is 5.72. The van der Waals surface area contributed by atoms with Crippen molar-refractivity contribution in [3.63, 3.8) is 0 Å². The Bertz CT molecular complexity index is 698. The van der Waals surface area contributed by atoms with Gasteiger partial charge in [0.15, 0.2) is 0 Å². The van der Waals surface area contributed by atoms with Crippen LogP contribution in [0.3, 0.4) is 0 Å². The molecule has 1 saturated heterocycles. The van der Waals surface area contributed by atoms with Crippen molar-refractivity contribution in [2.45, 2.75) is 32.0 Å². The van der Waals surface area contributed by atoms with Crippen molar-refractivity contribution in [1.29, 1.82) is 0 Å². The molecule has 1 amide bonds. The maximum Gasteiger partial charge on any atom is 0.257 e. The summed E-state index contributed by atoms with van der Waals surface area (Å²) in [4.78, 5) is 14.5. The molecule has 122 valence electrons. The summed E-state index contributed by atoms with van der Waals surface area (Å²) >= 11 is 0. The highest BCUT2D eigenvalue weighted by molar-refractivity contribution is 5.94. The summed E-state index contributed by atoms with van der Waals surface area (Å²) in [6, 6.07) is 7.49. The van der Waals surface area contributed by atoms with Crippen LogP contribution in [0.1, 0.15) is 35.3 Å². The number of carbonyl (C=O) groups excluding carboxylic acids is 1. The van der Waals surface area contributed by atoms with Crippen LogP contribution in [-0.4, -0.2) is 45.5 Å². The van der Waals surface area contributed by atoms with Crippen LogP contribution in [0.25, 0.3) is 0 Å². The number of benzene rings is 1. The number of likely N-dealkylation sites (tertiary alicyclic amines) is 1. The maximum atomic E-state index is 12.8. The molecule has 2 aromatic rings. The van der Waals surface area contributed by atoms with Gasteiger partial charge in [-0.2, -0.15) is 5.10 Å². The fourth-order valence-electron chi connectivity index (χ4n) is 3.02. The smallest absolute Gasteiger partial charge is 0.257 e. The lowest BCUT2D eigenvalue weighted by molar-refractivity contribution is 0.0715. The predicted molar refractivity (Wildman–Crippen MR) is 85.3 cm³/mol. The minimum absolute atomic E-state index is 0.103. The molecule has 1 aromatic heterocycles. The summed E-state index contributed by atoms with van der Waals surface area (Å²) in [7, 11) is 1.62. The summed E-state index contributed by atoms with van der Waals surface area (Å²) in [5.74, 6) is 0.643. The quantitative estimate of drug-likeness (QED) is 0.935. The fraction of sp³-hybridized carbons (Fsp3) is 0.412. The van der Waals surface area contributed by atoms with Crippen LogP contribution in [0.2, 0.25) is 0 Å². The third-order valence-electron chi connectivity index (χ3n) is 4.22. The van der Waals surface area contributed by atoms with E-state index < -0.39 is 6.10 Å². The molecule has 0 aliphatic carbocycles. The van der Waals surface area contributed by atoms with E-state index in [9.17, 15) is 9.90 Å². The topological polar surface area (TPSA) is 67.6 Å². The Morgan fingerprint density at radius 3 is 3.00 bits per heavy atom. The Hall–Kier alpha value is -2.34. The van der Waals surface area contributed by atoms with Crippen LogP contribution in [-0.2, 0) is 6.54 Å². The SMILES string of the molecule is CCn1cc(C(=O)N2C[C@@H](O)C[C@@H]2c2cccc(OC)c2)cn1. The molecular formula is C17H21N3O3. The fourth-order valence-corrected chi connectivity index (χ4v) is 3.02. The van der Waals surface area contributed by atoms with Crippen molar-refractivity contribution in [3.8, 4) is 5.75 Å². The van der Waals surface area contributed by atoms with Crippen molar-refractivity contribution in [3.05, 3.63) is 47.8 Å². The van der Waals surface area contributed by atoms with Gasteiger partial charge in [0.1, 0.15) is 5.75 Å². The molecule has 2 atom stereocenters. The summed E-state index contributed by atoms with van der Waals surface area (Å²) in [6.07, 6.45) is 3.34. The van der Waals surface area contributed by atoms with Crippen molar-refractivity contribution in [1.82, 2.24) is 14.7 Å². The first-order chi connectivity index (χ1) is 11.1. The van der Waals surface area contributed by atoms with Gasteiger partial charge in [-0.15, -0.1) is 0 Å². The molecule has 6 heteroatoms. The van der Waals surface area contributed by atoms with Crippen LogP contribution in [0.5, 0.6) is 5.75 Å². The van der Waals surface area contributed by atoms with Gasteiger partial charge in [0.25, 0.3) is 5.91 Å². The van der Waals surface area contributed by atoms with Crippen LogP contribution in [0, 0.1) is 0 Å². The van der Waals surface area contributed by atoms with Gasteiger partial charge >= 0.3 is 0 Å². The molecule has 0 spiro atoms. The molecule has 1 fully saturated rings. The number of hydrogen-bond donors (Lipinski definition) is 1. The van der Waals surface area contributed by atoms with E-state index in [-0.39, 0.29) is 11.9 Å². The summed E-state index contributed by atoms with van der Waals surface area (Å²) in [5.41, 5.74) is 1.52. The van der Waals surface area contributed by atoms with E-state index in [4.69, 9.17) is 4.74 Å². The Morgan fingerprint density at radius 2 is 2.30 bits per heavy atom. The van der Waals surface area contributed by atoms with Crippen molar-refractivity contribution >= 4 is 5.91 Å². The molecule has 23 heavy (non-hydrogen) atoms. The number of rotatable bonds is 4. The van der Waals surface area contributed by atoms with Crippen molar-refractivity contribution in [2.75, 3.05) is 13.7 Å². The largest absolute Gasteiger partial charge is 0.497 e. The van der Waals surface area contributed by atoms with Gasteiger partial charge in [-0.1, -0.05) is 12.1 Å². The third kappa shape index (κ3) is 3.07. The first kappa shape index (κ1) is 15.6. The van der Waals surface area contributed by atoms with E-state index in [1.807, 2.05) is 31.2 Å². The Labute approximate surface area is 135 Å². The van der Waals surface area contributed by atoms with Gasteiger partial charge in [0.05, 0.1) is 31.0 Å². The van der Waals surface area contributed by atoms with Crippen molar-refractivity contribution < 1.29 is 14.6 Å². The number of hydrogen-bond acceptors (Lipinski definition) is 4. The van der Waals surface area contributed by atoms with Crippen LogP contribution < -0.4 is 4.74 Å². The predicted octanol–water partition coefficient (Wildman–Crippen LogP) is 1.86. The van der Waals surface area contributed by atoms with Gasteiger partial charge < -0.3 is 14.7 Å². The normalized spacial score (nSPS) is 20.7. The Kier molecular flexibility index (Phi) is 4.34. The lowest BCUT2D eigenvalue weighted by Gasteiger charge is -2.24. The first-order valence-electron chi connectivity index (χ1n) is 7.77. The molecule has 6 nitrogen and oxygen atoms in total. The highest BCUT2D eigenvalue weighted by atomic mass is 16.5. The second kappa shape index (κ2) is 6.42. The molecule has 1 aromatic carbocycles. The number of carbonyl (C=O) groups is 1. The lowest BCUT2D eigenvalue weighted by atomic mass is 10.0. The van der Waals surface area contributed by atoms with Crippen molar-refractivity contribution in [2.24, 2.45) is 0 Å². The summed E-state index contributed by atoms with van der Waals surface area (Å²) < 4.78 is 6.98. The number of aryl methyl sites for hydroxylation is 1. The van der Waals surface area contributed by atoms with E-state index in [0.29, 0.717) is 18.5 Å². The van der Waals surface area contributed by atoms with E-state index in [0.717, 1.165) is 17.9 Å². The van der Waals surface area contributed by atoms with Gasteiger partial charge in [-0.3, -0.25) is 9.48 Å². The lowest BCUT2D eigenvalue weighted by Crippen LogP contribution is -2.31. The zero-order chi connectivity index (χ0) is 16.4. The molecule has 0 unspecified atom stereocenters. The molecule has 2 heterocycles. The Morgan fingerprint density at radius 1 is 1.48 bits per heavy atom. The van der Waals surface area contributed by atoms with E-state index >= 15 is 0 Å². The monoisotopic (exact) mass is 315 g/mol. The van der Waals surface area contributed by atoms with Gasteiger partial charge in [-0.25, -0.2) is 0 Å². The van der Waals surface area contributed by atoms with Crippen LogP contribution >= 0.6 is 0 Å². The molecule has 0 radical (unpaired) electrons. The van der Waals surface area contributed by atoms with E-state index in [1.54, 1.807) is 29.1 Å². The minimum Gasteiger partial charge on any atom is -0.497 e. The highest BCUT2D eigenvalue weighted by Gasteiger charge is 2.36. The van der Waals surface area contributed by atoms with Crippen LogP contribution in [0.15, 0.2) is 36.7 Å². The van der Waals surface area contributed by atoms with E-state index in [2.05, 4.69) is 5.10 Å². The Balaban J connectivity index is 1.88. The summed E-state index contributed by atoms with van der Waals surface area (Å²) in [5, 5.41) is 14.2. The molecule has 3 rings (SSSR count). The molecular weight excluding hydrogens is 294 g/mol. The molecule has 1 aliphatic rings. The average Bonchev–Trinajstić information content (AvgIpc) is 3.20. The molecule has 0 saturated carbocycles. The second-order valence-electron chi connectivity index (χ2n) is 5.72. The number of aliphatic hydroxyl groups is 1. The van der Waals surface area contributed by atoms with Gasteiger partial charge in [0, 0.05) is 19.3 Å². The van der Waals surface area contributed by atoms with Gasteiger partial charge in [-0.05, 0) is 31.0 Å². The van der Waals surface area contributed by atoms with Gasteiger partial charge in [0.2, 0.25) is 0 Å². The maximum absolute atomic E-state index is 12.8.